The number of hydrogen-bond acceptors (Lipinski definition) is 3. The molecule has 1 heterocycles. The molecule has 0 spiro atoms. The monoisotopic (exact) mass is 273 g/mol. The van der Waals surface area contributed by atoms with Gasteiger partial charge in [0.2, 0.25) is 5.91 Å². The van der Waals surface area contributed by atoms with Crippen molar-refractivity contribution in [1.29, 1.82) is 0 Å². The van der Waals surface area contributed by atoms with E-state index in [1.165, 1.54) is 6.92 Å². The maximum Gasteiger partial charge on any atom is 0.315 e. The molecule has 2 N–H and O–H groups in total. The van der Waals surface area contributed by atoms with Crippen molar-refractivity contribution in [2.75, 3.05) is 5.32 Å². The number of carboxylic acids is 1. The Labute approximate surface area is 116 Å². The van der Waals surface area contributed by atoms with Crippen molar-refractivity contribution in [3.63, 3.8) is 0 Å². The van der Waals surface area contributed by atoms with Crippen molar-refractivity contribution in [1.82, 2.24) is 9.55 Å². The summed E-state index contributed by atoms with van der Waals surface area (Å²) in [5.74, 6) is -2.75. The summed E-state index contributed by atoms with van der Waals surface area (Å²) in [4.78, 5) is 26.4. The largest absolute Gasteiger partial charge is 0.481 e. The normalized spacial score (nSPS) is 11.8. The van der Waals surface area contributed by atoms with Crippen LogP contribution in [0.25, 0.3) is 0 Å². The summed E-state index contributed by atoms with van der Waals surface area (Å²) in [7, 11) is 0. The van der Waals surface area contributed by atoms with E-state index < -0.39 is 17.8 Å². The van der Waals surface area contributed by atoms with E-state index in [0.717, 1.165) is 5.56 Å². The smallest absolute Gasteiger partial charge is 0.315 e. The fourth-order valence-corrected chi connectivity index (χ4v) is 1.70. The first-order valence-corrected chi connectivity index (χ1v) is 6.14. The third-order valence-corrected chi connectivity index (χ3v) is 2.88. The molecule has 0 saturated carbocycles. The van der Waals surface area contributed by atoms with Crippen molar-refractivity contribution in [3.8, 4) is 0 Å². The Morgan fingerprint density at radius 2 is 2.25 bits per heavy atom. The molecule has 0 radical (unpaired) electrons. The quantitative estimate of drug-likeness (QED) is 0.810. The Bertz CT molecular complexity index is 608. The van der Waals surface area contributed by atoms with Crippen LogP contribution in [0.3, 0.4) is 0 Å². The van der Waals surface area contributed by atoms with Gasteiger partial charge in [0, 0.05) is 24.6 Å². The van der Waals surface area contributed by atoms with E-state index in [0.29, 0.717) is 12.2 Å². The SMILES string of the molecule is CC(C(=O)O)C(=O)Nc1cccc(Cn2ccnc2)c1. The standard InChI is InChI=1S/C14H15N3O3/c1-10(14(19)20)13(18)16-12-4-2-3-11(7-12)8-17-6-5-15-9-17/h2-7,9-10H,8H2,1H3,(H,16,18)(H,19,20). The van der Waals surface area contributed by atoms with Crippen molar-refractivity contribution >= 4 is 17.6 Å². The molecule has 104 valence electrons. The molecule has 0 bridgehead atoms. The first-order valence-electron chi connectivity index (χ1n) is 6.14. The van der Waals surface area contributed by atoms with Crippen molar-refractivity contribution in [3.05, 3.63) is 48.5 Å². The van der Waals surface area contributed by atoms with Crippen LogP contribution in [0, 0.1) is 5.92 Å². The van der Waals surface area contributed by atoms with Gasteiger partial charge in [0.15, 0.2) is 0 Å². The van der Waals surface area contributed by atoms with Gasteiger partial charge < -0.3 is 15.0 Å². The van der Waals surface area contributed by atoms with Gasteiger partial charge in [-0.15, -0.1) is 0 Å². The number of hydrogen-bond donors (Lipinski definition) is 2. The maximum absolute atomic E-state index is 11.7. The lowest BCUT2D eigenvalue weighted by atomic mass is 10.1. The highest BCUT2D eigenvalue weighted by molar-refractivity contribution is 6.03. The molecule has 2 aromatic rings. The number of carbonyl (C=O) groups is 2. The number of carbonyl (C=O) groups excluding carboxylic acids is 1. The predicted octanol–water partition coefficient (Wildman–Crippen LogP) is 1.59. The zero-order chi connectivity index (χ0) is 14.5. The van der Waals surface area contributed by atoms with Gasteiger partial charge in [-0.2, -0.15) is 0 Å². The number of imidazole rings is 1. The number of aromatic nitrogens is 2. The molecule has 1 atom stereocenters. The second-order valence-electron chi connectivity index (χ2n) is 4.48. The molecule has 1 unspecified atom stereocenters. The summed E-state index contributed by atoms with van der Waals surface area (Å²) in [5.41, 5.74) is 1.57. The Hall–Kier alpha value is -2.63. The van der Waals surface area contributed by atoms with Crippen LogP contribution < -0.4 is 5.32 Å². The summed E-state index contributed by atoms with van der Waals surface area (Å²) < 4.78 is 1.90. The van der Waals surface area contributed by atoms with Crippen LogP contribution in [0.1, 0.15) is 12.5 Å². The zero-order valence-corrected chi connectivity index (χ0v) is 11.0. The average Bonchev–Trinajstić information content (AvgIpc) is 2.91. The fraction of sp³-hybridized carbons (Fsp3) is 0.214. The van der Waals surface area contributed by atoms with Crippen LogP contribution in [0.5, 0.6) is 0 Å². The molecule has 6 nitrogen and oxygen atoms in total. The van der Waals surface area contributed by atoms with Crippen LogP contribution in [0.4, 0.5) is 5.69 Å². The highest BCUT2D eigenvalue weighted by Gasteiger charge is 2.20. The average molecular weight is 273 g/mol. The van der Waals surface area contributed by atoms with E-state index in [-0.39, 0.29) is 0 Å². The third kappa shape index (κ3) is 3.44. The second kappa shape index (κ2) is 6.01. The molecule has 1 amide bonds. The number of aliphatic carboxylic acids is 1. The lowest BCUT2D eigenvalue weighted by molar-refractivity contribution is -0.144. The maximum atomic E-state index is 11.7. The summed E-state index contributed by atoms with van der Waals surface area (Å²) >= 11 is 0. The van der Waals surface area contributed by atoms with Gasteiger partial charge in [-0.1, -0.05) is 12.1 Å². The minimum atomic E-state index is -1.14. The molecule has 20 heavy (non-hydrogen) atoms. The Balaban J connectivity index is 2.06. The van der Waals surface area contributed by atoms with Gasteiger partial charge in [0.1, 0.15) is 5.92 Å². The molecule has 6 heteroatoms. The molecule has 2 rings (SSSR count). The minimum Gasteiger partial charge on any atom is -0.481 e. The van der Waals surface area contributed by atoms with Crippen molar-refractivity contribution in [2.24, 2.45) is 5.92 Å². The van der Waals surface area contributed by atoms with E-state index >= 15 is 0 Å². The zero-order valence-electron chi connectivity index (χ0n) is 11.0. The number of benzene rings is 1. The number of nitrogens with zero attached hydrogens (tertiary/aromatic N) is 2. The number of nitrogens with one attached hydrogen (secondary N) is 1. The highest BCUT2D eigenvalue weighted by atomic mass is 16.4. The molecule has 1 aromatic heterocycles. The summed E-state index contributed by atoms with van der Waals surface area (Å²) in [6.45, 7) is 1.99. The van der Waals surface area contributed by atoms with E-state index in [9.17, 15) is 9.59 Å². The number of carboxylic acid groups (broad SMARTS) is 1. The Morgan fingerprint density at radius 3 is 2.90 bits per heavy atom. The van der Waals surface area contributed by atoms with Crippen molar-refractivity contribution < 1.29 is 14.7 Å². The molecule has 0 saturated heterocycles. The molecule has 0 aliphatic rings. The van der Waals surface area contributed by atoms with Gasteiger partial charge in [-0.05, 0) is 24.6 Å². The Morgan fingerprint density at radius 1 is 1.45 bits per heavy atom. The van der Waals surface area contributed by atoms with Crippen LogP contribution in [0.2, 0.25) is 0 Å². The molecular formula is C14H15N3O3. The lowest BCUT2D eigenvalue weighted by Crippen LogP contribution is -2.26. The van der Waals surface area contributed by atoms with Crippen LogP contribution in [-0.2, 0) is 16.1 Å². The number of amides is 1. The second-order valence-corrected chi connectivity index (χ2v) is 4.48. The summed E-state index contributed by atoms with van der Waals surface area (Å²) in [6, 6.07) is 7.28. The van der Waals surface area contributed by atoms with Gasteiger partial charge in [-0.25, -0.2) is 4.98 Å². The van der Waals surface area contributed by atoms with Crippen LogP contribution in [-0.4, -0.2) is 26.5 Å². The van der Waals surface area contributed by atoms with E-state index in [1.807, 2.05) is 29.0 Å². The summed E-state index contributed by atoms with van der Waals surface area (Å²) in [6.07, 6.45) is 5.25. The first-order chi connectivity index (χ1) is 9.56. The van der Waals surface area contributed by atoms with E-state index in [4.69, 9.17) is 5.11 Å². The fourth-order valence-electron chi connectivity index (χ4n) is 1.70. The highest BCUT2D eigenvalue weighted by Crippen LogP contribution is 2.13. The van der Waals surface area contributed by atoms with Crippen LogP contribution >= 0.6 is 0 Å². The van der Waals surface area contributed by atoms with E-state index in [2.05, 4.69) is 10.3 Å². The predicted molar refractivity (Wildman–Crippen MR) is 73.2 cm³/mol. The molecule has 0 aliphatic heterocycles. The van der Waals surface area contributed by atoms with Gasteiger partial charge in [-0.3, -0.25) is 9.59 Å². The van der Waals surface area contributed by atoms with Crippen LogP contribution in [0.15, 0.2) is 43.0 Å². The van der Waals surface area contributed by atoms with Gasteiger partial charge in [0.05, 0.1) is 6.33 Å². The topological polar surface area (TPSA) is 84.2 Å². The lowest BCUT2D eigenvalue weighted by Gasteiger charge is -2.10. The minimum absolute atomic E-state index is 0.530. The van der Waals surface area contributed by atoms with Gasteiger partial charge >= 0.3 is 5.97 Å². The first kappa shape index (κ1) is 13.8. The number of rotatable bonds is 5. The van der Waals surface area contributed by atoms with Gasteiger partial charge in [0.25, 0.3) is 0 Å². The third-order valence-electron chi connectivity index (χ3n) is 2.88. The molecule has 0 aliphatic carbocycles. The van der Waals surface area contributed by atoms with Crippen molar-refractivity contribution in [2.45, 2.75) is 13.5 Å². The Kier molecular flexibility index (Phi) is 4.14. The molecular weight excluding hydrogens is 258 g/mol. The van der Waals surface area contributed by atoms with E-state index in [1.54, 1.807) is 18.6 Å². The molecule has 1 aromatic carbocycles. The molecule has 0 fully saturated rings. The number of anilines is 1. The summed E-state index contributed by atoms with van der Waals surface area (Å²) in [5, 5.41) is 11.4.